The van der Waals surface area contributed by atoms with Crippen LogP contribution >= 0.6 is 0 Å². The third kappa shape index (κ3) is 1.49. The maximum Gasteiger partial charge on any atom is 0.240 e. The maximum absolute atomic E-state index is 5.37. The average Bonchev–Trinajstić information content (AvgIpc) is 2.67. The topological polar surface area (TPSA) is 77.8 Å². The number of aromatic nitrogens is 3. The number of rotatable bonds is 2. The summed E-state index contributed by atoms with van der Waals surface area (Å²) in [6.07, 6.45) is 1.72. The number of hydrogen-bond acceptors (Lipinski definition) is 5. The fourth-order valence-electron chi connectivity index (χ4n) is 1.17. The van der Waals surface area contributed by atoms with Gasteiger partial charge in [-0.3, -0.25) is 4.98 Å². The van der Waals surface area contributed by atoms with Crippen LogP contribution in [0.5, 0.6) is 0 Å². The molecule has 5 nitrogen and oxygen atoms in total. The maximum atomic E-state index is 5.37. The summed E-state index contributed by atoms with van der Waals surface area (Å²) >= 11 is 0. The van der Waals surface area contributed by atoms with Gasteiger partial charge in [0.2, 0.25) is 11.7 Å². The van der Waals surface area contributed by atoms with Gasteiger partial charge >= 0.3 is 0 Å². The van der Waals surface area contributed by atoms with E-state index in [0.717, 1.165) is 11.3 Å². The van der Waals surface area contributed by atoms with Crippen molar-refractivity contribution in [3.8, 4) is 11.4 Å². The number of nitrogens with zero attached hydrogens (tertiary/aromatic N) is 3. The van der Waals surface area contributed by atoms with Crippen LogP contribution in [0.25, 0.3) is 11.4 Å². The molecule has 0 saturated heterocycles. The molecule has 2 N–H and O–H groups in total. The Bertz CT molecular complexity index is 438. The Morgan fingerprint density at radius 1 is 1.50 bits per heavy atom. The lowest BCUT2D eigenvalue weighted by Crippen LogP contribution is -1.96. The summed E-state index contributed by atoms with van der Waals surface area (Å²) in [6.45, 7) is 2.15. The van der Waals surface area contributed by atoms with E-state index in [-0.39, 0.29) is 6.54 Å². The molecule has 0 aliphatic rings. The molecule has 2 aromatic rings. The molecule has 0 saturated carbocycles. The van der Waals surface area contributed by atoms with E-state index in [1.54, 1.807) is 6.20 Å². The molecule has 2 heterocycles. The summed E-state index contributed by atoms with van der Waals surface area (Å²) in [6, 6.07) is 3.73. The van der Waals surface area contributed by atoms with Crippen molar-refractivity contribution in [2.75, 3.05) is 0 Å². The van der Waals surface area contributed by atoms with Crippen molar-refractivity contribution in [1.82, 2.24) is 15.1 Å². The molecule has 0 bridgehead atoms. The van der Waals surface area contributed by atoms with E-state index in [4.69, 9.17) is 10.3 Å². The Balaban J connectivity index is 2.44. The van der Waals surface area contributed by atoms with Gasteiger partial charge in [-0.1, -0.05) is 5.16 Å². The summed E-state index contributed by atoms with van der Waals surface area (Å²) in [4.78, 5) is 8.25. The van der Waals surface area contributed by atoms with Crippen LogP contribution < -0.4 is 5.73 Å². The summed E-state index contributed by atoms with van der Waals surface area (Å²) in [5, 5.41) is 3.81. The standard InChI is InChI=1S/C9H10N4O/c1-6-7(3-2-4-11-6)9-12-8(5-10)14-13-9/h2-4H,5,10H2,1H3. The predicted molar refractivity (Wildman–Crippen MR) is 50.2 cm³/mol. The second-order valence-electron chi connectivity index (χ2n) is 2.85. The predicted octanol–water partition coefficient (Wildman–Crippen LogP) is 0.899. The fraction of sp³-hybridized carbons (Fsp3) is 0.222. The van der Waals surface area contributed by atoms with Crippen LogP contribution in [-0.2, 0) is 6.54 Å². The Labute approximate surface area is 81.0 Å². The molecule has 5 heteroatoms. The van der Waals surface area contributed by atoms with Gasteiger partial charge < -0.3 is 10.3 Å². The van der Waals surface area contributed by atoms with E-state index in [1.807, 2.05) is 19.1 Å². The number of hydrogen-bond donors (Lipinski definition) is 1. The van der Waals surface area contributed by atoms with Gasteiger partial charge in [0.1, 0.15) is 0 Å². The second kappa shape index (κ2) is 3.55. The minimum absolute atomic E-state index is 0.256. The zero-order valence-electron chi connectivity index (χ0n) is 7.77. The van der Waals surface area contributed by atoms with E-state index in [1.165, 1.54) is 0 Å². The molecule has 14 heavy (non-hydrogen) atoms. The van der Waals surface area contributed by atoms with Gasteiger partial charge in [-0.25, -0.2) is 0 Å². The molecule has 0 spiro atoms. The van der Waals surface area contributed by atoms with Crippen LogP contribution in [-0.4, -0.2) is 15.1 Å². The SMILES string of the molecule is Cc1ncccc1-c1noc(CN)n1. The first-order chi connectivity index (χ1) is 6.81. The quantitative estimate of drug-likeness (QED) is 0.761. The molecule has 0 radical (unpaired) electrons. The first kappa shape index (κ1) is 8.83. The molecule has 0 unspecified atom stereocenters. The normalized spacial score (nSPS) is 10.4. The van der Waals surface area contributed by atoms with Gasteiger partial charge in [0.15, 0.2) is 0 Å². The van der Waals surface area contributed by atoms with Crippen molar-refractivity contribution < 1.29 is 4.52 Å². The lowest BCUT2D eigenvalue weighted by atomic mass is 10.2. The summed E-state index contributed by atoms with van der Waals surface area (Å²) in [5.74, 6) is 0.972. The summed E-state index contributed by atoms with van der Waals surface area (Å²) in [7, 11) is 0. The molecule has 0 amide bonds. The molecular formula is C9H10N4O. The third-order valence-corrected chi connectivity index (χ3v) is 1.89. The van der Waals surface area contributed by atoms with Crippen LogP contribution in [0.4, 0.5) is 0 Å². The molecule has 0 fully saturated rings. The van der Waals surface area contributed by atoms with Crippen LogP contribution in [0.3, 0.4) is 0 Å². The van der Waals surface area contributed by atoms with Crippen LogP contribution in [0.1, 0.15) is 11.6 Å². The third-order valence-electron chi connectivity index (χ3n) is 1.89. The first-order valence-electron chi connectivity index (χ1n) is 4.26. The minimum Gasteiger partial charge on any atom is -0.338 e. The first-order valence-corrected chi connectivity index (χ1v) is 4.26. The lowest BCUT2D eigenvalue weighted by Gasteiger charge is -1.96. The minimum atomic E-state index is 0.256. The number of pyridine rings is 1. The average molecular weight is 190 g/mol. The van der Waals surface area contributed by atoms with E-state index in [9.17, 15) is 0 Å². The molecule has 0 aromatic carbocycles. The van der Waals surface area contributed by atoms with Crippen molar-refractivity contribution in [2.45, 2.75) is 13.5 Å². The van der Waals surface area contributed by atoms with Gasteiger partial charge in [0.25, 0.3) is 0 Å². The molecule has 2 aromatic heterocycles. The zero-order chi connectivity index (χ0) is 9.97. The van der Waals surface area contributed by atoms with Crippen LogP contribution in [0.15, 0.2) is 22.9 Å². The van der Waals surface area contributed by atoms with Crippen LogP contribution in [0.2, 0.25) is 0 Å². The number of nitrogens with two attached hydrogens (primary N) is 1. The molecule has 0 atom stereocenters. The van der Waals surface area contributed by atoms with E-state index < -0.39 is 0 Å². The Hall–Kier alpha value is -1.75. The Kier molecular flexibility index (Phi) is 2.24. The van der Waals surface area contributed by atoms with E-state index >= 15 is 0 Å². The van der Waals surface area contributed by atoms with Crippen molar-refractivity contribution in [2.24, 2.45) is 5.73 Å². The zero-order valence-corrected chi connectivity index (χ0v) is 7.77. The molecule has 2 rings (SSSR count). The van der Waals surface area contributed by atoms with Crippen molar-refractivity contribution in [1.29, 1.82) is 0 Å². The lowest BCUT2D eigenvalue weighted by molar-refractivity contribution is 0.380. The monoisotopic (exact) mass is 190 g/mol. The van der Waals surface area contributed by atoms with Gasteiger partial charge in [-0.05, 0) is 19.1 Å². The highest BCUT2D eigenvalue weighted by Crippen LogP contribution is 2.17. The van der Waals surface area contributed by atoms with E-state index in [0.29, 0.717) is 11.7 Å². The van der Waals surface area contributed by atoms with Crippen molar-refractivity contribution in [3.63, 3.8) is 0 Å². The highest BCUT2D eigenvalue weighted by molar-refractivity contribution is 5.56. The number of aryl methyl sites for hydroxylation is 1. The van der Waals surface area contributed by atoms with Crippen LogP contribution in [0, 0.1) is 6.92 Å². The van der Waals surface area contributed by atoms with Gasteiger partial charge in [0, 0.05) is 17.5 Å². The largest absolute Gasteiger partial charge is 0.338 e. The Morgan fingerprint density at radius 3 is 3.00 bits per heavy atom. The van der Waals surface area contributed by atoms with Gasteiger partial charge in [-0.2, -0.15) is 4.98 Å². The molecule has 72 valence electrons. The van der Waals surface area contributed by atoms with Crippen molar-refractivity contribution in [3.05, 3.63) is 29.9 Å². The smallest absolute Gasteiger partial charge is 0.240 e. The molecular weight excluding hydrogens is 180 g/mol. The molecule has 0 aliphatic carbocycles. The van der Waals surface area contributed by atoms with Gasteiger partial charge in [0.05, 0.1) is 6.54 Å². The second-order valence-corrected chi connectivity index (χ2v) is 2.85. The van der Waals surface area contributed by atoms with E-state index in [2.05, 4.69) is 15.1 Å². The molecule has 0 aliphatic heterocycles. The summed E-state index contributed by atoms with van der Waals surface area (Å²) in [5.41, 5.74) is 7.11. The van der Waals surface area contributed by atoms with Gasteiger partial charge in [-0.15, -0.1) is 0 Å². The highest BCUT2D eigenvalue weighted by atomic mass is 16.5. The fourth-order valence-corrected chi connectivity index (χ4v) is 1.17. The summed E-state index contributed by atoms with van der Waals surface area (Å²) < 4.78 is 4.91. The Morgan fingerprint density at radius 2 is 2.36 bits per heavy atom. The van der Waals surface area contributed by atoms with Crippen molar-refractivity contribution >= 4 is 0 Å². The highest BCUT2D eigenvalue weighted by Gasteiger charge is 2.09.